The highest BCUT2D eigenvalue weighted by molar-refractivity contribution is 6.33. The standard InChI is InChI=1S/C11H10ClN3O2/c12-10-8-3-4-15(11(8)14-6-13-10)9-2-1-7(5-16)17-9/h3-7,9H,1-2H2. The number of ether oxygens (including phenoxy) is 1. The zero-order chi connectivity index (χ0) is 11.8. The van der Waals surface area contributed by atoms with Crippen molar-refractivity contribution in [2.24, 2.45) is 0 Å². The fourth-order valence-corrected chi connectivity index (χ4v) is 2.31. The Morgan fingerprint density at radius 3 is 3.12 bits per heavy atom. The van der Waals surface area contributed by atoms with Gasteiger partial charge in [0.05, 0.1) is 5.39 Å². The van der Waals surface area contributed by atoms with Gasteiger partial charge in [-0.05, 0) is 18.9 Å². The van der Waals surface area contributed by atoms with E-state index in [4.69, 9.17) is 16.3 Å². The topological polar surface area (TPSA) is 57.0 Å². The summed E-state index contributed by atoms with van der Waals surface area (Å²) in [7, 11) is 0. The maximum atomic E-state index is 10.7. The number of hydrogen-bond acceptors (Lipinski definition) is 4. The van der Waals surface area contributed by atoms with Crippen LogP contribution in [0.3, 0.4) is 0 Å². The summed E-state index contributed by atoms with van der Waals surface area (Å²) >= 11 is 5.97. The average molecular weight is 252 g/mol. The first-order valence-corrected chi connectivity index (χ1v) is 5.75. The largest absolute Gasteiger partial charge is 0.347 e. The van der Waals surface area contributed by atoms with Gasteiger partial charge in [0.25, 0.3) is 0 Å². The van der Waals surface area contributed by atoms with E-state index in [-0.39, 0.29) is 12.3 Å². The Labute approximate surface area is 102 Å². The lowest BCUT2D eigenvalue weighted by atomic mass is 10.2. The van der Waals surface area contributed by atoms with Crippen LogP contribution in [0, 0.1) is 0 Å². The molecule has 0 spiro atoms. The van der Waals surface area contributed by atoms with E-state index in [1.807, 2.05) is 16.8 Å². The van der Waals surface area contributed by atoms with Crippen molar-refractivity contribution in [3.05, 3.63) is 23.7 Å². The Balaban J connectivity index is 2.01. The minimum atomic E-state index is -0.310. The Bertz CT molecular complexity index is 569. The van der Waals surface area contributed by atoms with Crippen molar-refractivity contribution in [2.45, 2.75) is 25.2 Å². The molecule has 0 amide bonds. The Hall–Kier alpha value is -1.46. The Kier molecular flexibility index (Phi) is 2.57. The van der Waals surface area contributed by atoms with Crippen molar-refractivity contribution in [1.82, 2.24) is 14.5 Å². The van der Waals surface area contributed by atoms with Crippen LogP contribution in [-0.2, 0) is 9.53 Å². The first-order chi connectivity index (χ1) is 8.29. The van der Waals surface area contributed by atoms with Crippen molar-refractivity contribution in [2.75, 3.05) is 0 Å². The van der Waals surface area contributed by atoms with Crippen LogP contribution in [0.2, 0.25) is 5.15 Å². The third-order valence-electron chi connectivity index (χ3n) is 2.95. The third-order valence-corrected chi connectivity index (χ3v) is 3.25. The van der Waals surface area contributed by atoms with Crippen LogP contribution >= 0.6 is 11.6 Å². The summed E-state index contributed by atoms with van der Waals surface area (Å²) in [4.78, 5) is 18.8. The molecule has 2 aromatic heterocycles. The minimum Gasteiger partial charge on any atom is -0.347 e. The lowest BCUT2D eigenvalue weighted by molar-refractivity contribution is -0.119. The van der Waals surface area contributed by atoms with Crippen LogP contribution in [0.4, 0.5) is 0 Å². The molecule has 3 heterocycles. The lowest BCUT2D eigenvalue weighted by Crippen LogP contribution is -2.11. The van der Waals surface area contributed by atoms with Crippen LogP contribution in [0.5, 0.6) is 0 Å². The summed E-state index contributed by atoms with van der Waals surface area (Å²) in [5.74, 6) is 0. The molecule has 0 aliphatic carbocycles. The number of aromatic nitrogens is 3. The van der Waals surface area contributed by atoms with Crippen molar-refractivity contribution < 1.29 is 9.53 Å². The van der Waals surface area contributed by atoms with Gasteiger partial charge in [-0.1, -0.05) is 11.6 Å². The molecule has 0 saturated carbocycles. The molecular weight excluding hydrogens is 242 g/mol. The van der Waals surface area contributed by atoms with Gasteiger partial charge < -0.3 is 14.1 Å². The van der Waals surface area contributed by atoms with Gasteiger partial charge >= 0.3 is 0 Å². The number of carbonyl (C=O) groups is 1. The number of fused-ring (bicyclic) bond motifs is 1. The van der Waals surface area contributed by atoms with E-state index in [0.717, 1.165) is 30.2 Å². The predicted molar refractivity (Wildman–Crippen MR) is 61.7 cm³/mol. The van der Waals surface area contributed by atoms with Crippen LogP contribution < -0.4 is 0 Å². The fourth-order valence-electron chi connectivity index (χ4n) is 2.12. The molecule has 88 valence electrons. The molecule has 1 saturated heterocycles. The summed E-state index contributed by atoms with van der Waals surface area (Å²) < 4.78 is 7.49. The van der Waals surface area contributed by atoms with Crippen molar-refractivity contribution in [3.8, 4) is 0 Å². The van der Waals surface area contributed by atoms with Gasteiger partial charge in [-0.2, -0.15) is 0 Å². The molecule has 2 atom stereocenters. The van der Waals surface area contributed by atoms with Gasteiger partial charge in [0.2, 0.25) is 0 Å². The Morgan fingerprint density at radius 2 is 2.35 bits per heavy atom. The maximum absolute atomic E-state index is 10.7. The van der Waals surface area contributed by atoms with Gasteiger partial charge in [-0.15, -0.1) is 0 Å². The Morgan fingerprint density at radius 1 is 1.47 bits per heavy atom. The highest BCUT2D eigenvalue weighted by Crippen LogP contribution is 2.31. The maximum Gasteiger partial charge on any atom is 0.148 e. The van der Waals surface area contributed by atoms with Gasteiger partial charge in [0.15, 0.2) is 0 Å². The predicted octanol–water partition coefficient (Wildman–Crippen LogP) is 1.96. The van der Waals surface area contributed by atoms with Gasteiger partial charge in [-0.25, -0.2) is 9.97 Å². The lowest BCUT2D eigenvalue weighted by Gasteiger charge is -2.13. The average Bonchev–Trinajstić information content (AvgIpc) is 2.94. The summed E-state index contributed by atoms with van der Waals surface area (Å²) in [5, 5.41) is 1.23. The number of aldehydes is 1. The molecule has 1 fully saturated rings. The monoisotopic (exact) mass is 251 g/mol. The van der Waals surface area contributed by atoms with Crippen LogP contribution in [-0.4, -0.2) is 26.9 Å². The second-order valence-corrected chi connectivity index (χ2v) is 4.33. The smallest absolute Gasteiger partial charge is 0.148 e. The normalized spacial score (nSPS) is 24.3. The van der Waals surface area contributed by atoms with Gasteiger partial charge in [0, 0.05) is 6.20 Å². The van der Waals surface area contributed by atoms with Crippen molar-refractivity contribution in [1.29, 1.82) is 0 Å². The first-order valence-electron chi connectivity index (χ1n) is 5.37. The third kappa shape index (κ3) is 1.71. The second kappa shape index (κ2) is 4.09. The number of nitrogens with zero attached hydrogens (tertiary/aromatic N) is 3. The van der Waals surface area contributed by atoms with Crippen molar-refractivity contribution in [3.63, 3.8) is 0 Å². The molecule has 6 heteroatoms. The van der Waals surface area contributed by atoms with Gasteiger partial charge in [-0.3, -0.25) is 0 Å². The second-order valence-electron chi connectivity index (χ2n) is 3.97. The van der Waals surface area contributed by atoms with E-state index in [0.29, 0.717) is 5.15 Å². The van der Waals surface area contributed by atoms with Crippen LogP contribution in [0.1, 0.15) is 19.1 Å². The fraction of sp³-hybridized carbons (Fsp3) is 0.364. The highest BCUT2D eigenvalue weighted by Gasteiger charge is 2.27. The zero-order valence-corrected chi connectivity index (χ0v) is 9.67. The van der Waals surface area contributed by atoms with Crippen LogP contribution in [0.25, 0.3) is 11.0 Å². The zero-order valence-electron chi connectivity index (χ0n) is 8.91. The molecule has 5 nitrogen and oxygen atoms in total. The molecule has 0 radical (unpaired) electrons. The van der Waals surface area contributed by atoms with E-state index in [9.17, 15) is 4.79 Å². The summed E-state index contributed by atoms with van der Waals surface area (Å²) in [5.41, 5.74) is 0.738. The number of hydrogen-bond donors (Lipinski definition) is 0. The molecule has 0 bridgehead atoms. The highest BCUT2D eigenvalue weighted by atomic mass is 35.5. The quantitative estimate of drug-likeness (QED) is 0.605. The molecule has 0 N–H and O–H groups in total. The number of carbonyl (C=O) groups excluding carboxylic acids is 1. The number of rotatable bonds is 2. The molecular formula is C11H10ClN3O2. The van der Waals surface area contributed by atoms with Gasteiger partial charge in [0.1, 0.15) is 35.7 Å². The van der Waals surface area contributed by atoms with E-state index < -0.39 is 0 Å². The SMILES string of the molecule is O=CC1CCC(n2ccc3c(Cl)ncnc32)O1. The molecule has 1 aliphatic heterocycles. The van der Waals surface area contributed by atoms with E-state index in [2.05, 4.69) is 9.97 Å². The number of halogens is 1. The summed E-state index contributed by atoms with van der Waals surface area (Å²) in [6, 6.07) is 1.86. The molecule has 2 aromatic rings. The first kappa shape index (κ1) is 10.7. The minimum absolute atomic E-state index is 0.145. The summed E-state index contributed by atoms with van der Waals surface area (Å²) in [6.07, 6.45) is 5.22. The van der Waals surface area contributed by atoms with E-state index in [1.165, 1.54) is 6.33 Å². The van der Waals surface area contributed by atoms with Crippen molar-refractivity contribution >= 4 is 28.9 Å². The molecule has 3 rings (SSSR count). The molecule has 1 aliphatic rings. The molecule has 0 aromatic carbocycles. The van der Waals surface area contributed by atoms with E-state index in [1.54, 1.807) is 0 Å². The molecule has 2 unspecified atom stereocenters. The summed E-state index contributed by atoms with van der Waals surface area (Å²) in [6.45, 7) is 0. The van der Waals surface area contributed by atoms with E-state index >= 15 is 0 Å². The van der Waals surface area contributed by atoms with Crippen LogP contribution in [0.15, 0.2) is 18.6 Å². The molecule has 17 heavy (non-hydrogen) atoms.